The van der Waals surface area contributed by atoms with Crippen LogP contribution in [0.5, 0.6) is 5.75 Å². The first kappa shape index (κ1) is 27.2. The molecule has 2 heterocycles. The van der Waals surface area contributed by atoms with Gasteiger partial charge < -0.3 is 19.6 Å². The Morgan fingerprint density at radius 1 is 1.22 bits per heavy atom. The number of unbranched alkanes of at least 4 members (excludes halogenated alkanes) is 1. The maximum Gasteiger partial charge on any atom is 0.303 e. The lowest BCUT2D eigenvalue weighted by Gasteiger charge is -2.29. The van der Waals surface area contributed by atoms with Crippen molar-refractivity contribution in [3.63, 3.8) is 0 Å². The summed E-state index contributed by atoms with van der Waals surface area (Å²) in [5.41, 5.74) is 4.54. The quantitative estimate of drug-likeness (QED) is 0.341. The molecule has 1 aliphatic heterocycles. The Labute approximate surface area is 213 Å². The van der Waals surface area contributed by atoms with E-state index < -0.39 is 5.97 Å². The molecule has 0 bridgehead atoms. The summed E-state index contributed by atoms with van der Waals surface area (Å²) in [5.74, 6) is 0.151. The van der Waals surface area contributed by atoms with Crippen LogP contribution in [0.3, 0.4) is 0 Å². The second kappa shape index (κ2) is 11.1. The van der Waals surface area contributed by atoms with E-state index >= 15 is 0 Å². The van der Waals surface area contributed by atoms with Gasteiger partial charge in [-0.1, -0.05) is 26.8 Å². The largest absolute Gasteiger partial charge is 0.491 e. The van der Waals surface area contributed by atoms with Gasteiger partial charge in [0.1, 0.15) is 17.3 Å². The molecule has 1 aliphatic rings. The molecule has 0 spiro atoms. The van der Waals surface area contributed by atoms with Gasteiger partial charge in [-0.3, -0.25) is 15.0 Å². The van der Waals surface area contributed by atoms with Gasteiger partial charge in [-0.05, 0) is 50.3 Å². The summed E-state index contributed by atoms with van der Waals surface area (Å²) in [6, 6.07) is 7.70. The molecule has 8 nitrogen and oxygen atoms in total. The summed E-state index contributed by atoms with van der Waals surface area (Å²) >= 11 is 0. The first-order valence-electron chi connectivity index (χ1n) is 12.5. The third-order valence-electron chi connectivity index (χ3n) is 6.47. The SMILES string of the molecule is CCN(C)c1cc(C(=O)CN2Cc3ccc(C)nc3C2=N)cc(C(C)(C)C)c1OCCCCC(=O)O. The molecule has 1 aromatic heterocycles. The van der Waals surface area contributed by atoms with Crippen LogP contribution in [0.15, 0.2) is 24.3 Å². The van der Waals surface area contributed by atoms with Gasteiger partial charge >= 0.3 is 5.97 Å². The van der Waals surface area contributed by atoms with E-state index in [0.717, 1.165) is 34.8 Å². The van der Waals surface area contributed by atoms with Crippen LogP contribution in [0.1, 0.15) is 79.8 Å². The van der Waals surface area contributed by atoms with E-state index in [1.807, 2.05) is 45.2 Å². The number of ketones is 1. The van der Waals surface area contributed by atoms with Crippen molar-refractivity contribution in [3.8, 4) is 5.75 Å². The molecule has 3 rings (SSSR count). The Hall–Kier alpha value is -3.42. The zero-order valence-corrected chi connectivity index (χ0v) is 22.3. The third kappa shape index (κ3) is 6.22. The number of Topliss-reactive ketones (excluding diaryl/α,β-unsaturated/α-hetero) is 1. The average Bonchev–Trinajstić information content (AvgIpc) is 3.11. The normalized spacial score (nSPS) is 13.1. The number of aromatic nitrogens is 1. The van der Waals surface area contributed by atoms with Gasteiger partial charge in [-0.2, -0.15) is 0 Å². The fourth-order valence-electron chi connectivity index (χ4n) is 4.24. The van der Waals surface area contributed by atoms with Crippen molar-refractivity contribution in [2.45, 2.75) is 65.8 Å². The molecule has 194 valence electrons. The van der Waals surface area contributed by atoms with Crippen LogP contribution in [0.2, 0.25) is 0 Å². The summed E-state index contributed by atoms with van der Waals surface area (Å²) in [7, 11) is 1.97. The van der Waals surface area contributed by atoms with E-state index in [4.69, 9.17) is 15.3 Å². The fourth-order valence-corrected chi connectivity index (χ4v) is 4.24. The van der Waals surface area contributed by atoms with Gasteiger partial charge in [-0.15, -0.1) is 0 Å². The number of benzene rings is 1. The van der Waals surface area contributed by atoms with Gasteiger partial charge in [0.15, 0.2) is 5.78 Å². The smallest absolute Gasteiger partial charge is 0.303 e. The molecule has 2 N–H and O–H groups in total. The number of carboxylic acid groups (broad SMARTS) is 1. The van der Waals surface area contributed by atoms with Crippen molar-refractivity contribution < 1.29 is 19.4 Å². The molecule has 0 saturated heterocycles. The van der Waals surface area contributed by atoms with Crippen LogP contribution in [-0.2, 0) is 16.8 Å². The van der Waals surface area contributed by atoms with E-state index in [1.165, 1.54) is 0 Å². The predicted molar refractivity (Wildman–Crippen MR) is 142 cm³/mol. The standard InChI is InChI=1S/C28H38N4O4/c1-7-31(6)22-15-20(14-21(28(3,4)5)26(22)36-13-9-8-10-24(34)35)23(33)17-32-16-19-12-11-18(2)30-25(19)27(32)29/h11-12,14-15,29H,7-10,13,16-17H2,1-6H3,(H,34,35). The van der Waals surface area contributed by atoms with Crippen LogP contribution in [-0.4, -0.2) is 59.3 Å². The summed E-state index contributed by atoms with van der Waals surface area (Å²) in [6.07, 6.45) is 1.31. The molecule has 2 aromatic rings. The Bertz CT molecular complexity index is 1150. The molecule has 0 fully saturated rings. The Morgan fingerprint density at radius 3 is 2.58 bits per heavy atom. The molecule has 0 radical (unpaired) electrons. The second-order valence-corrected chi connectivity index (χ2v) is 10.4. The van der Waals surface area contributed by atoms with Crippen LogP contribution >= 0.6 is 0 Å². The van der Waals surface area contributed by atoms with Gasteiger partial charge in [0.05, 0.1) is 18.8 Å². The number of carbonyl (C=O) groups excluding carboxylic acids is 1. The van der Waals surface area contributed by atoms with Gasteiger partial charge in [0, 0.05) is 48.9 Å². The van der Waals surface area contributed by atoms with Crippen LogP contribution < -0.4 is 9.64 Å². The lowest BCUT2D eigenvalue weighted by molar-refractivity contribution is -0.137. The molecule has 0 atom stereocenters. The van der Waals surface area contributed by atoms with Crippen LogP contribution in [0, 0.1) is 12.3 Å². The number of nitrogens with one attached hydrogen (secondary N) is 1. The second-order valence-electron chi connectivity index (χ2n) is 10.4. The number of aliphatic carboxylic acids is 1. The zero-order chi connectivity index (χ0) is 26.6. The molecular weight excluding hydrogens is 456 g/mol. The number of nitrogens with zero attached hydrogens (tertiary/aromatic N) is 3. The summed E-state index contributed by atoms with van der Waals surface area (Å²) in [6.45, 7) is 11.9. The van der Waals surface area contributed by atoms with E-state index in [9.17, 15) is 9.59 Å². The fraction of sp³-hybridized carbons (Fsp3) is 0.500. The van der Waals surface area contributed by atoms with Crippen molar-refractivity contribution in [1.29, 1.82) is 5.41 Å². The maximum absolute atomic E-state index is 13.5. The van der Waals surface area contributed by atoms with Crippen molar-refractivity contribution in [1.82, 2.24) is 9.88 Å². The van der Waals surface area contributed by atoms with E-state index in [0.29, 0.717) is 37.3 Å². The highest BCUT2D eigenvalue weighted by Gasteiger charge is 2.30. The lowest BCUT2D eigenvalue weighted by atomic mass is 9.84. The molecule has 0 saturated carbocycles. The van der Waals surface area contributed by atoms with Crippen LogP contribution in [0.4, 0.5) is 5.69 Å². The number of rotatable bonds is 11. The van der Waals surface area contributed by atoms with Crippen molar-refractivity contribution in [3.05, 3.63) is 52.3 Å². The molecular formula is C28H38N4O4. The van der Waals surface area contributed by atoms with E-state index in [-0.39, 0.29) is 30.0 Å². The monoisotopic (exact) mass is 494 g/mol. The minimum Gasteiger partial charge on any atom is -0.491 e. The van der Waals surface area contributed by atoms with Gasteiger partial charge in [0.2, 0.25) is 0 Å². The van der Waals surface area contributed by atoms with Crippen molar-refractivity contribution >= 4 is 23.3 Å². The minimum atomic E-state index is -0.806. The molecule has 36 heavy (non-hydrogen) atoms. The molecule has 0 aliphatic carbocycles. The van der Waals surface area contributed by atoms with Gasteiger partial charge in [0.25, 0.3) is 0 Å². The van der Waals surface area contributed by atoms with Crippen LogP contribution in [0.25, 0.3) is 0 Å². The number of carbonyl (C=O) groups is 2. The Morgan fingerprint density at radius 2 is 1.94 bits per heavy atom. The maximum atomic E-state index is 13.5. The first-order chi connectivity index (χ1) is 16.9. The van der Waals surface area contributed by atoms with Crippen molar-refractivity contribution in [2.75, 3.05) is 31.6 Å². The van der Waals surface area contributed by atoms with Crippen molar-refractivity contribution in [2.24, 2.45) is 0 Å². The Balaban J connectivity index is 1.89. The third-order valence-corrected chi connectivity index (χ3v) is 6.47. The number of fused-ring (bicyclic) bond motifs is 1. The number of pyridine rings is 1. The van der Waals surface area contributed by atoms with E-state index in [1.54, 1.807) is 4.90 Å². The lowest BCUT2D eigenvalue weighted by Crippen LogP contribution is -2.31. The number of amidine groups is 1. The molecule has 0 amide bonds. The Kier molecular flexibility index (Phi) is 8.38. The molecule has 1 aromatic carbocycles. The topological polar surface area (TPSA) is 107 Å². The highest BCUT2D eigenvalue weighted by atomic mass is 16.5. The number of hydrogen-bond donors (Lipinski definition) is 2. The zero-order valence-electron chi connectivity index (χ0n) is 22.3. The number of aryl methyl sites for hydroxylation is 1. The highest BCUT2D eigenvalue weighted by Crippen LogP contribution is 2.40. The number of carboxylic acids is 1. The number of anilines is 1. The summed E-state index contributed by atoms with van der Waals surface area (Å²) in [4.78, 5) is 32.6. The summed E-state index contributed by atoms with van der Waals surface area (Å²) in [5, 5.41) is 17.4. The number of hydrogen-bond acceptors (Lipinski definition) is 6. The molecule has 0 unspecified atom stereocenters. The van der Waals surface area contributed by atoms with E-state index in [2.05, 4.69) is 30.7 Å². The predicted octanol–water partition coefficient (Wildman–Crippen LogP) is 4.80. The minimum absolute atomic E-state index is 0.0615. The summed E-state index contributed by atoms with van der Waals surface area (Å²) < 4.78 is 6.24. The molecule has 8 heteroatoms. The number of ether oxygens (including phenoxy) is 1. The van der Waals surface area contributed by atoms with Gasteiger partial charge in [-0.25, -0.2) is 4.98 Å². The average molecular weight is 495 g/mol. The first-order valence-corrected chi connectivity index (χ1v) is 12.5. The highest BCUT2D eigenvalue weighted by molar-refractivity contribution is 6.05.